The van der Waals surface area contributed by atoms with Crippen molar-refractivity contribution in [2.45, 2.75) is 19.9 Å². The van der Waals surface area contributed by atoms with E-state index >= 15 is 0 Å². The Kier molecular flexibility index (Phi) is 5.23. The summed E-state index contributed by atoms with van der Waals surface area (Å²) in [5, 5.41) is 0. The molecule has 1 amide bonds. The van der Waals surface area contributed by atoms with Gasteiger partial charge in [-0.3, -0.25) is 4.79 Å². The maximum absolute atomic E-state index is 13.7. The molecule has 1 aromatic rings. The van der Waals surface area contributed by atoms with Gasteiger partial charge in [0.05, 0.1) is 17.9 Å². The number of halogens is 2. The number of nitrogen functional groups attached to an aromatic ring is 1. The first kappa shape index (κ1) is 15.4. The van der Waals surface area contributed by atoms with Crippen LogP contribution < -0.4 is 5.73 Å². The molecule has 1 aromatic carbocycles. The van der Waals surface area contributed by atoms with E-state index in [1.807, 2.05) is 0 Å². The Balaban J connectivity index is 3.06. The minimum absolute atomic E-state index is 0.131. The van der Waals surface area contributed by atoms with E-state index < -0.39 is 17.5 Å². The van der Waals surface area contributed by atoms with Gasteiger partial charge in [-0.1, -0.05) is 0 Å². The Morgan fingerprint density at radius 1 is 1.37 bits per heavy atom. The van der Waals surface area contributed by atoms with Gasteiger partial charge >= 0.3 is 0 Å². The maximum atomic E-state index is 13.7. The van der Waals surface area contributed by atoms with Gasteiger partial charge in [0.25, 0.3) is 5.91 Å². The molecule has 0 unspecified atom stereocenters. The lowest BCUT2D eigenvalue weighted by Crippen LogP contribution is -2.39. The van der Waals surface area contributed by atoms with Crippen molar-refractivity contribution in [2.24, 2.45) is 0 Å². The summed E-state index contributed by atoms with van der Waals surface area (Å²) >= 11 is 0. The van der Waals surface area contributed by atoms with E-state index in [1.165, 1.54) is 12.0 Å². The highest BCUT2D eigenvalue weighted by Gasteiger charge is 2.22. The summed E-state index contributed by atoms with van der Waals surface area (Å²) in [5.41, 5.74) is 4.88. The number of hydrogen-bond donors (Lipinski definition) is 1. The van der Waals surface area contributed by atoms with Crippen LogP contribution in [0.5, 0.6) is 0 Å². The molecule has 0 saturated heterocycles. The first-order chi connectivity index (χ1) is 8.88. The predicted molar refractivity (Wildman–Crippen MR) is 68.8 cm³/mol. The fraction of sp³-hybridized carbons (Fsp3) is 0.462. The lowest BCUT2D eigenvalue weighted by atomic mass is 10.1. The SMILES string of the molecule is COCCN(C(=O)c1cc(N)c(F)cc1F)C(C)C. The van der Waals surface area contributed by atoms with Crippen LogP contribution in [-0.2, 0) is 4.74 Å². The number of benzene rings is 1. The minimum atomic E-state index is -0.917. The molecule has 0 saturated carbocycles. The number of anilines is 1. The van der Waals surface area contributed by atoms with Gasteiger partial charge in [0, 0.05) is 25.8 Å². The van der Waals surface area contributed by atoms with E-state index in [0.29, 0.717) is 19.2 Å². The summed E-state index contributed by atoms with van der Waals surface area (Å²) in [6, 6.07) is 1.51. The maximum Gasteiger partial charge on any atom is 0.257 e. The number of nitrogens with zero attached hydrogens (tertiary/aromatic N) is 1. The topological polar surface area (TPSA) is 55.6 Å². The zero-order valence-electron chi connectivity index (χ0n) is 11.2. The minimum Gasteiger partial charge on any atom is -0.396 e. The van der Waals surface area contributed by atoms with E-state index in [2.05, 4.69) is 0 Å². The highest BCUT2D eigenvalue weighted by Crippen LogP contribution is 2.19. The molecule has 106 valence electrons. The van der Waals surface area contributed by atoms with Crippen LogP contribution in [0.3, 0.4) is 0 Å². The van der Waals surface area contributed by atoms with Crippen LogP contribution in [0.15, 0.2) is 12.1 Å². The van der Waals surface area contributed by atoms with Crippen molar-refractivity contribution in [3.63, 3.8) is 0 Å². The van der Waals surface area contributed by atoms with Crippen molar-refractivity contribution in [3.05, 3.63) is 29.3 Å². The third-order valence-corrected chi connectivity index (χ3v) is 2.74. The van der Waals surface area contributed by atoms with Crippen LogP contribution in [0.1, 0.15) is 24.2 Å². The van der Waals surface area contributed by atoms with Gasteiger partial charge in [-0.05, 0) is 19.9 Å². The monoisotopic (exact) mass is 272 g/mol. The van der Waals surface area contributed by atoms with Gasteiger partial charge in [-0.2, -0.15) is 0 Å². The quantitative estimate of drug-likeness (QED) is 0.835. The molecule has 0 aromatic heterocycles. The van der Waals surface area contributed by atoms with Gasteiger partial charge in [-0.15, -0.1) is 0 Å². The molecule has 2 N–H and O–H groups in total. The summed E-state index contributed by atoms with van der Waals surface area (Å²) in [5.74, 6) is -2.32. The zero-order valence-corrected chi connectivity index (χ0v) is 11.2. The molecule has 6 heteroatoms. The average molecular weight is 272 g/mol. The largest absolute Gasteiger partial charge is 0.396 e. The summed E-state index contributed by atoms with van der Waals surface area (Å²) in [7, 11) is 1.51. The number of carbonyl (C=O) groups is 1. The molecule has 0 heterocycles. The van der Waals surface area contributed by atoms with Crippen molar-refractivity contribution in [2.75, 3.05) is 26.0 Å². The normalized spacial score (nSPS) is 10.8. The fourth-order valence-corrected chi connectivity index (χ4v) is 1.67. The lowest BCUT2D eigenvalue weighted by Gasteiger charge is -2.26. The number of hydrogen-bond acceptors (Lipinski definition) is 3. The number of rotatable bonds is 5. The third-order valence-electron chi connectivity index (χ3n) is 2.74. The van der Waals surface area contributed by atoms with Gasteiger partial charge in [0.15, 0.2) is 0 Å². The molecule has 0 aliphatic rings. The van der Waals surface area contributed by atoms with Crippen LogP contribution in [0.2, 0.25) is 0 Å². The fourth-order valence-electron chi connectivity index (χ4n) is 1.67. The van der Waals surface area contributed by atoms with E-state index in [-0.39, 0.29) is 17.3 Å². The molecule has 4 nitrogen and oxygen atoms in total. The molecular weight excluding hydrogens is 254 g/mol. The van der Waals surface area contributed by atoms with Crippen molar-refractivity contribution in [3.8, 4) is 0 Å². The van der Waals surface area contributed by atoms with Crippen molar-refractivity contribution in [1.82, 2.24) is 4.90 Å². The summed E-state index contributed by atoms with van der Waals surface area (Å²) < 4.78 is 31.6. The number of methoxy groups -OCH3 is 1. The standard InChI is InChI=1S/C13H18F2N2O2/c1-8(2)17(4-5-19-3)13(18)9-6-12(16)11(15)7-10(9)14/h6-8H,4-5,16H2,1-3H3. The van der Waals surface area contributed by atoms with Gasteiger partial charge < -0.3 is 15.4 Å². The first-order valence-corrected chi connectivity index (χ1v) is 5.93. The Bertz CT molecular complexity index is 464. The first-order valence-electron chi connectivity index (χ1n) is 5.93. The van der Waals surface area contributed by atoms with Crippen LogP contribution in [-0.4, -0.2) is 37.1 Å². The Morgan fingerprint density at radius 3 is 2.53 bits per heavy atom. The molecule has 0 atom stereocenters. The zero-order chi connectivity index (χ0) is 14.6. The lowest BCUT2D eigenvalue weighted by molar-refractivity contribution is 0.0630. The smallest absolute Gasteiger partial charge is 0.257 e. The average Bonchev–Trinajstić information content (AvgIpc) is 2.33. The van der Waals surface area contributed by atoms with E-state index in [1.54, 1.807) is 13.8 Å². The highest BCUT2D eigenvalue weighted by atomic mass is 19.1. The Hall–Kier alpha value is -1.69. The van der Waals surface area contributed by atoms with E-state index in [0.717, 1.165) is 6.07 Å². The second-order valence-corrected chi connectivity index (χ2v) is 4.44. The number of nitrogens with two attached hydrogens (primary N) is 1. The molecule has 0 aliphatic heterocycles. The number of amides is 1. The van der Waals surface area contributed by atoms with Gasteiger partial charge in [-0.25, -0.2) is 8.78 Å². The molecule has 0 radical (unpaired) electrons. The predicted octanol–water partition coefficient (Wildman–Crippen LogP) is 2.04. The van der Waals surface area contributed by atoms with Crippen LogP contribution in [0.25, 0.3) is 0 Å². The van der Waals surface area contributed by atoms with Crippen molar-refractivity contribution < 1.29 is 18.3 Å². The van der Waals surface area contributed by atoms with Crippen LogP contribution in [0.4, 0.5) is 14.5 Å². The molecule has 0 aliphatic carbocycles. The Morgan fingerprint density at radius 2 is 2.00 bits per heavy atom. The van der Waals surface area contributed by atoms with Crippen molar-refractivity contribution >= 4 is 11.6 Å². The molecule has 19 heavy (non-hydrogen) atoms. The van der Waals surface area contributed by atoms with Crippen LogP contribution in [0, 0.1) is 11.6 Å². The van der Waals surface area contributed by atoms with E-state index in [9.17, 15) is 13.6 Å². The summed E-state index contributed by atoms with van der Waals surface area (Å²) in [4.78, 5) is 13.7. The third kappa shape index (κ3) is 3.64. The Labute approximate surface area is 111 Å². The van der Waals surface area contributed by atoms with Crippen molar-refractivity contribution in [1.29, 1.82) is 0 Å². The highest BCUT2D eigenvalue weighted by molar-refractivity contribution is 5.95. The van der Waals surface area contributed by atoms with Gasteiger partial charge in [0.1, 0.15) is 11.6 Å². The molecule has 0 fully saturated rings. The van der Waals surface area contributed by atoms with Gasteiger partial charge in [0.2, 0.25) is 0 Å². The summed E-state index contributed by atoms with van der Waals surface area (Å²) in [6.07, 6.45) is 0. The molecule has 1 rings (SSSR count). The number of carbonyl (C=O) groups excluding carboxylic acids is 1. The second-order valence-electron chi connectivity index (χ2n) is 4.44. The second kappa shape index (κ2) is 6.47. The van der Waals surface area contributed by atoms with Crippen LogP contribution >= 0.6 is 0 Å². The number of ether oxygens (including phenoxy) is 1. The molecule has 0 bridgehead atoms. The molecular formula is C13H18F2N2O2. The van der Waals surface area contributed by atoms with E-state index in [4.69, 9.17) is 10.5 Å². The summed E-state index contributed by atoms with van der Waals surface area (Å²) in [6.45, 7) is 4.27. The molecule has 0 spiro atoms.